The number of carbonyl (C=O) groups is 1. The van der Waals surface area contributed by atoms with E-state index < -0.39 is 0 Å². The van der Waals surface area contributed by atoms with Crippen LogP contribution in [-0.4, -0.2) is 40.9 Å². The van der Waals surface area contributed by atoms with Crippen molar-refractivity contribution in [3.05, 3.63) is 52.8 Å². The summed E-state index contributed by atoms with van der Waals surface area (Å²) < 4.78 is 6.79. The number of aromatic nitrogens is 3. The van der Waals surface area contributed by atoms with Gasteiger partial charge >= 0.3 is 0 Å². The number of carbonyl (C=O) groups excluding carboxylic acids is 1. The van der Waals surface area contributed by atoms with Crippen molar-refractivity contribution in [3.8, 4) is 5.69 Å². The number of aryl methyl sites for hydroxylation is 3. The molecule has 1 aromatic carbocycles. The van der Waals surface area contributed by atoms with Crippen molar-refractivity contribution < 1.29 is 9.53 Å². The van der Waals surface area contributed by atoms with Crippen LogP contribution in [0.25, 0.3) is 16.7 Å². The second-order valence-corrected chi connectivity index (χ2v) is 6.09. The van der Waals surface area contributed by atoms with Crippen LogP contribution in [0.15, 0.2) is 30.3 Å². The Labute approximate surface area is 146 Å². The fourth-order valence-corrected chi connectivity index (χ4v) is 2.82. The number of nitrogens with one attached hydrogen (secondary N) is 1. The van der Waals surface area contributed by atoms with Gasteiger partial charge in [0, 0.05) is 19.3 Å². The summed E-state index contributed by atoms with van der Waals surface area (Å²) in [4.78, 5) is 17.2. The fourth-order valence-electron chi connectivity index (χ4n) is 2.82. The third-order valence-corrected chi connectivity index (χ3v) is 4.06. The van der Waals surface area contributed by atoms with Crippen LogP contribution in [0.1, 0.15) is 27.3 Å². The van der Waals surface area contributed by atoms with Crippen LogP contribution in [0.5, 0.6) is 0 Å². The molecule has 0 unspecified atom stereocenters. The van der Waals surface area contributed by atoms with Crippen molar-refractivity contribution in [3.63, 3.8) is 0 Å². The van der Waals surface area contributed by atoms with Gasteiger partial charge in [-0.15, -0.1) is 0 Å². The van der Waals surface area contributed by atoms with Crippen molar-refractivity contribution in [2.75, 3.05) is 20.3 Å². The highest BCUT2D eigenvalue weighted by molar-refractivity contribution is 6.06. The van der Waals surface area contributed by atoms with Crippen LogP contribution in [-0.2, 0) is 4.74 Å². The Kier molecular flexibility index (Phi) is 4.81. The highest BCUT2D eigenvalue weighted by Gasteiger charge is 2.19. The largest absolute Gasteiger partial charge is 0.383 e. The summed E-state index contributed by atoms with van der Waals surface area (Å²) in [5, 5.41) is 8.27. The number of methoxy groups -OCH3 is 1. The predicted molar refractivity (Wildman–Crippen MR) is 97.3 cm³/mol. The molecule has 2 heterocycles. The zero-order valence-corrected chi connectivity index (χ0v) is 15.0. The van der Waals surface area contributed by atoms with Crippen molar-refractivity contribution in [1.29, 1.82) is 0 Å². The van der Waals surface area contributed by atoms with Crippen LogP contribution in [0.4, 0.5) is 0 Å². The molecule has 6 heteroatoms. The van der Waals surface area contributed by atoms with E-state index >= 15 is 0 Å². The highest BCUT2D eigenvalue weighted by atomic mass is 16.5. The molecule has 3 rings (SSSR count). The molecule has 0 saturated carbocycles. The number of hydrogen-bond donors (Lipinski definition) is 1. The van der Waals surface area contributed by atoms with E-state index in [9.17, 15) is 4.79 Å². The van der Waals surface area contributed by atoms with E-state index in [0.29, 0.717) is 24.4 Å². The number of rotatable bonds is 5. The van der Waals surface area contributed by atoms with Gasteiger partial charge in [0.2, 0.25) is 0 Å². The van der Waals surface area contributed by atoms with Gasteiger partial charge in [-0.3, -0.25) is 4.79 Å². The first-order valence-corrected chi connectivity index (χ1v) is 8.22. The molecule has 0 saturated heterocycles. The molecule has 0 bridgehead atoms. The van der Waals surface area contributed by atoms with E-state index in [0.717, 1.165) is 22.5 Å². The Morgan fingerprint density at radius 1 is 1.20 bits per heavy atom. The van der Waals surface area contributed by atoms with Crippen LogP contribution >= 0.6 is 0 Å². The fraction of sp³-hybridized carbons (Fsp3) is 0.316. The number of benzene rings is 1. The molecule has 0 aliphatic heterocycles. The third-order valence-electron chi connectivity index (χ3n) is 4.06. The van der Waals surface area contributed by atoms with Gasteiger partial charge in [-0.05, 0) is 39.0 Å². The van der Waals surface area contributed by atoms with E-state index in [1.807, 2.05) is 45.0 Å². The summed E-state index contributed by atoms with van der Waals surface area (Å²) in [7, 11) is 1.61. The third kappa shape index (κ3) is 3.39. The quantitative estimate of drug-likeness (QED) is 0.726. The van der Waals surface area contributed by atoms with Gasteiger partial charge in [-0.2, -0.15) is 5.10 Å². The minimum Gasteiger partial charge on any atom is -0.383 e. The lowest BCUT2D eigenvalue weighted by Crippen LogP contribution is -2.27. The number of nitrogens with zero attached hydrogens (tertiary/aromatic N) is 3. The Morgan fingerprint density at radius 3 is 2.60 bits per heavy atom. The number of pyridine rings is 1. The number of fused-ring (bicyclic) bond motifs is 1. The summed E-state index contributed by atoms with van der Waals surface area (Å²) in [6.07, 6.45) is 0. The van der Waals surface area contributed by atoms with E-state index in [-0.39, 0.29) is 5.91 Å². The van der Waals surface area contributed by atoms with Crippen molar-refractivity contribution in [1.82, 2.24) is 20.1 Å². The summed E-state index contributed by atoms with van der Waals surface area (Å²) in [5.74, 6) is -0.140. The minimum absolute atomic E-state index is 0.140. The van der Waals surface area contributed by atoms with Crippen LogP contribution in [0, 0.1) is 20.8 Å². The van der Waals surface area contributed by atoms with Crippen molar-refractivity contribution >= 4 is 16.9 Å². The molecule has 25 heavy (non-hydrogen) atoms. The predicted octanol–water partition coefficient (Wildman–Crippen LogP) is 2.72. The molecule has 0 fully saturated rings. The van der Waals surface area contributed by atoms with Crippen LogP contribution in [0.3, 0.4) is 0 Å². The van der Waals surface area contributed by atoms with Gasteiger partial charge in [0.15, 0.2) is 5.65 Å². The molecule has 0 spiro atoms. The van der Waals surface area contributed by atoms with Gasteiger partial charge in [0.05, 0.1) is 28.9 Å². The van der Waals surface area contributed by atoms with Gasteiger partial charge in [-0.1, -0.05) is 17.7 Å². The standard InChI is InChI=1S/C19H22N4O2/c1-12-5-7-15(8-6-12)23-18-17(14(3)22-23)16(11-13(2)21-18)19(24)20-9-10-25-4/h5-8,11H,9-10H2,1-4H3,(H,20,24). The summed E-state index contributed by atoms with van der Waals surface area (Å²) >= 11 is 0. The lowest BCUT2D eigenvalue weighted by molar-refractivity contribution is 0.0938. The SMILES string of the molecule is COCCNC(=O)c1cc(C)nc2c1c(C)nn2-c1ccc(C)cc1. The Morgan fingerprint density at radius 2 is 1.92 bits per heavy atom. The van der Waals surface area contributed by atoms with Gasteiger partial charge in [0.25, 0.3) is 5.91 Å². The number of ether oxygens (including phenoxy) is 1. The van der Waals surface area contributed by atoms with Gasteiger partial charge in [0.1, 0.15) is 0 Å². The molecular weight excluding hydrogens is 316 g/mol. The van der Waals surface area contributed by atoms with Crippen molar-refractivity contribution in [2.24, 2.45) is 0 Å². The van der Waals surface area contributed by atoms with E-state index in [2.05, 4.69) is 15.4 Å². The molecular formula is C19H22N4O2. The van der Waals surface area contributed by atoms with Crippen molar-refractivity contribution in [2.45, 2.75) is 20.8 Å². The summed E-state index contributed by atoms with van der Waals surface area (Å²) in [6.45, 7) is 6.76. The normalized spacial score (nSPS) is 11.0. The summed E-state index contributed by atoms with van der Waals surface area (Å²) in [6, 6.07) is 9.88. The first-order chi connectivity index (χ1) is 12.0. The van der Waals surface area contributed by atoms with E-state index in [1.54, 1.807) is 17.9 Å². The summed E-state index contributed by atoms with van der Waals surface area (Å²) in [5.41, 5.74) is 4.94. The molecule has 1 amide bonds. The maximum Gasteiger partial charge on any atom is 0.252 e. The molecule has 0 atom stereocenters. The Balaban J connectivity index is 2.11. The number of amides is 1. The smallest absolute Gasteiger partial charge is 0.252 e. The van der Waals surface area contributed by atoms with E-state index in [4.69, 9.17) is 4.74 Å². The van der Waals surface area contributed by atoms with E-state index in [1.165, 1.54) is 5.56 Å². The molecule has 6 nitrogen and oxygen atoms in total. The maximum absolute atomic E-state index is 12.6. The Bertz CT molecular complexity index is 913. The molecule has 0 aliphatic carbocycles. The molecule has 130 valence electrons. The molecule has 0 aliphatic rings. The molecule has 0 radical (unpaired) electrons. The molecule has 1 N–H and O–H groups in total. The number of hydrogen-bond acceptors (Lipinski definition) is 4. The Hall–Kier alpha value is -2.73. The first kappa shape index (κ1) is 17.1. The first-order valence-electron chi connectivity index (χ1n) is 8.22. The van der Waals surface area contributed by atoms with Crippen LogP contribution < -0.4 is 5.32 Å². The maximum atomic E-state index is 12.6. The average molecular weight is 338 g/mol. The second-order valence-electron chi connectivity index (χ2n) is 6.09. The van der Waals surface area contributed by atoms with Crippen LogP contribution in [0.2, 0.25) is 0 Å². The average Bonchev–Trinajstić information content (AvgIpc) is 2.91. The monoisotopic (exact) mass is 338 g/mol. The van der Waals surface area contributed by atoms with Gasteiger partial charge < -0.3 is 10.1 Å². The molecule has 3 aromatic rings. The zero-order chi connectivity index (χ0) is 18.0. The lowest BCUT2D eigenvalue weighted by Gasteiger charge is -2.08. The molecule has 2 aromatic heterocycles. The zero-order valence-electron chi connectivity index (χ0n) is 15.0. The van der Waals surface area contributed by atoms with Gasteiger partial charge in [-0.25, -0.2) is 9.67 Å². The highest BCUT2D eigenvalue weighted by Crippen LogP contribution is 2.25. The lowest BCUT2D eigenvalue weighted by atomic mass is 10.1. The second kappa shape index (κ2) is 7.03. The minimum atomic E-state index is -0.140. The topological polar surface area (TPSA) is 69.0 Å².